The number of hydrogen-bond acceptors (Lipinski definition) is 4. The van der Waals surface area contributed by atoms with Gasteiger partial charge in [0.1, 0.15) is 0 Å². The molecule has 92 valence electrons. The van der Waals surface area contributed by atoms with Crippen LogP contribution in [0.15, 0.2) is 0 Å². The Bertz CT molecular complexity index is 359. The van der Waals surface area contributed by atoms with Crippen LogP contribution in [0.25, 0.3) is 0 Å². The van der Waals surface area contributed by atoms with E-state index in [2.05, 4.69) is 0 Å². The van der Waals surface area contributed by atoms with Crippen LogP contribution in [0, 0.1) is 17.2 Å². The highest BCUT2D eigenvalue weighted by Crippen LogP contribution is 2.23. The van der Waals surface area contributed by atoms with Crippen LogP contribution in [0.2, 0.25) is 0 Å². The first kappa shape index (κ1) is 13.4. The van der Waals surface area contributed by atoms with E-state index in [4.69, 9.17) is 10.4 Å². The monoisotopic (exact) mass is 246 g/mol. The summed E-state index contributed by atoms with van der Waals surface area (Å²) in [4.78, 5) is 0. The van der Waals surface area contributed by atoms with Crippen LogP contribution in [-0.2, 0) is 10.0 Å². The van der Waals surface area contributed by atoms with Crippen molar-refractivity contribution in [2.24, 2.45) is 5.92 Å². The van der Waals surface area contributed by atoms with Gasteiger partial charge < -0.3 is 5.11 Å². The highest BCUT2D eigenvalue weighted by molar-refractivity contribution is 7.89. The Labute approximate surface area is 96.7 Å². The zero-order valence-electron chi connectivity index (χ0n) is 9.46. The smallest absolute Gasteiger partial charge is 0.230 e. The van der Waals surface area contributed by atoms with Gasteiger partial charge in [0.2, 0.25) is 10.0 Å². The molecular formula is C10H18N2O3S. The molecule has 1 N–H and O–H groups in total. The Hall–Kier alpha value is -0.640. The number of nitriles is 1. The fraction of sp³-hybridized carbons (Fsp3) is 0.900. The van der Waals surface area contributed by atoms with Crippen LogP contribution in [-0.4, -0.2) is 42.8 Å². The molecule has 1 rings (SSSR count). The van der Waals surface area contributed by atoms with Crippen molar-refractivity contribution in [3.63, 3.8) is 0 Å². The van der Waals surface area contributed by atoms with Gasteiger partial charge in [0, 0.05) is 19.7 Å². The highest BCUT2D eigenvalue weighted by atomic mass is 32.2. The Morgan fingerprint density at radius 1 is 1.62 bits per heavy atom. The van der Waals surface area contributed by atoms with E-state index >= 15 is 0 Å². The minimum atomic E-state index is -3.47. The molecule has 16 heavy (non-hydrogen) atoms. The van der Waals surface area contributed by atoms with Crippen molar-refractivity contribution in [2.75, 3.05) is 19.7 Å². The molecular weight excluding hydrogens is 228 g/mol. The standard InChI is InChI=1S/C10H18N2O3S/c1-9(7-11)16(14,15)12-5-2-3-10(8-12)4-6-13/h9-10,13H,2-6,8H2,1H3. The summed E-state index contributed by atoms with van der Waals surface area (Å²) in [6, 6.07) is 1.77. The average molecular weight is 246 g/mol. The summed E-state index contributed by atoms with van der Waals surface area (Å²) in [5, 5.41) is 16.5. The van der Waals surface area contributed by atoms with Gasteiger partial charge in [-0.2, -0.15) is 5.26 Å². The second kappa shape index (κ2) is 5.62. The van der Waals surface area contributed by atoms with Crippen LogP contribution in [0.1, 0.15) is 26.2 Å². The molecule has 0 radical (unpaired) electrons. The average Bonchev–Trinajstić information content (AvgIpc) is 2.28. The number of aliphatic hydroxyl groups excluding tert-OH is 1. The van der Waals surface area contributed by atoms with E-state index in [1.807, 2.05) is 0 Å². The van der Waals surface area contributed by atoms with Crippen molar-refractivity contribution >= 4 is 10.0 Å². The second-order valence-electron chi connectivity index (χ2n) is 4.19. The lowest BCUT2D eigenvalue weighted by atomic mass is 9.97. The number of sulfonamides is 1. The molecule has 6 heteroatoms. The van der Waals surface area contributed by atoms with Crippen LogP contribution >= 0.6 is 0 Å². The third-order valence-electron chi connectivity index (χ3n) is 3.01. The number of rotatable bonds is 4. The topological polar surface area (TPSA) is 81.4 Å². The molecule has 0 aromatic heterocycles. The van der Waals surface area contributed by atoms with E-state index in [0.717, 1.165) is 12.8 Å². The van der Waals surface area contributed by atoms with Crippen LogP contribution < -0.4 is 0 Å². The molecule has 1 aliphatic heterocycles. The van der Waals surface area contributed by atoms with Crippen molar-refractivity contribution in [1.29, 1.82) is 5.26 Å². The fourth-order valence-electron chi connectivity index (χ4n) is 1.97. The van der Waals surface area contributed by atoms with E-state index < -0.39 is 15.3 Å². The first-order valence-corrected chi connectivity index (χ1v) is 7.02. The first-order valence-electron chi connectivity index (χ1n) is 5.51. The van der Waals surface area contributed by atoms with Crippen molar-refractivity contribution < 1.29 is 13.5 Å². The van der Waals surface area contributed by atoms with E-state index in [-0.39, 0.29) is 12.5 Å². The summed E-state index contributed by atoms with van der Waals surface area (Å²) < 4.78 is 25.2. The largest absolute Gasteiger partial charge is 0.396 e. The Morgan fingerprint density at radius 3 is 2.88 bits per heavy atom. The predicted molar refractivity (Wildman–Crippen MR) is 60.0 cm³/mol. The van der Waals surface area contributed by atoms with Gasteiger partial charge in [-0.3, -0.25) is 0 Å². The summed E-state index contributed by atoms with van der Waals surface area (Å²) >= 11 is 0. The molecule has 2 atom stereocenters. The van der Waals surface area contributed by atoms with E-state index in [1.165, 1.54) is 11.2 Å². The molecule has 0 saturated carbocycles. The van der Waals surface area contributed by atoms with Gasteiger partial charge in [0.25, 0.3) is 0 Å². The molecule has 0 amide bonds. The van der Waals surface area contributed by atoms with Crippen molar-refractivity contribution in [3.8, 4) is 6.07 Å². The lowest BCUT2D eigenvalue weighted by molar-refractivity contribution is 0.202. The molecule has 1 fully saturated rings. The van der Waals surface area contributed by atoms with Crippen molar-refractivity contribution in [3.05, 3.63) is 0 Å². The van der Waals surface area contributed by atoms with Crippen LogP contribution in [0.3, 0.4) is 0 Å². The summed E-state index contributed by atoms with van der Waals surface area (Å²) in [6.07, 6.45) is 2.39. The number of piperidine rings is 1. The maximum atomic E-state index is 11.9. The number of aliphatic hydroxyl groups is 1. The molecule has 0 bridgehead atoms. The number of nitrogens with zero attached hydrogens (tertiary/aromatic N) is 2. The highest BCUT2D eigenvalue weighted by Gasteiger charge is 2.32. The van der Waals surface area contributed by atoms with Crippen LogP contribution in [0.4, 0.5) is 0 Å². The quantitative estimate of drug-likeness (QED) is 0.774. The summed E-state index contributed by atoms with van der Waals surface area (Å²) in [5.74, 6) is 0.222. The minimum absolute atomic E-state index is 0.0896. The predicted octanol–water partition coefficient (Wildman–Crippen LogP) is 0.323. The van der Waals surface area contributed by atoms with Gasteiger partial charge in [-0.1, -0.05) is 0 Å². The normalized spacial score (nSPS) is 24.9. The summed E-state index contributed by atoms with van der Waals surface area (Å²) in [7, 11) is -3.47. The Balaban J connectivity index is 2.71. The maximum Gasteiger partial charge on any atom is 0.230 e. The summed E-state index contributed by atoms with van der Waals surface area (Å²) in [5.41, 5.74) is 0. The lowest BCUT2D eigenvalue weighted by Crippen LogP contribution is -2.43. The Kier molecular flexibility index (Phi) is 4.71. The third-order valence-corrected chi connectivity index (χ3v) is 5.06. The zero-order chi connectivity index (χ0) is 12.2. The molecule has 1 aliphatic rings. The Morgan fingerprint density at radius 2 is 2.31 bits per heavy atom. The van der Waals surface area contributed by atoms with Gasteiger partial charge in [0.05, 0.1) is 6.07 Å². The number of hydrogen-bond donors (Lipinski definition) is 1. The molecule has 5 nitrogen and oxygen atoms in total. The van der Waals surface area contributed by atoms with Crippen LogP contribution in [0.5, 0.6) is 0 Å². The van der Waals surface area contributed by atoms with Crippen molar-refractivity contribution in [2.45, 2.75) is 31.4 Å². The molecule has 1 heterocycles. The maximum absolute atomic E-state index is 11.9. The molecule has 2 unspecified atom stereocenters. The van der Waals surface area contributed by atoms with Gasteiger partial charge in [0.15, 0.2) is 5.25 Å². The lowest BCUT2D eigenvalue weighted by Gasteiger charge is -2.32. The molecule has 0 aliphatic carbocycles. The fourth-order valence-corrected chi connectivity index (χ4v) is 3.35. The van der Waals surface area contributed by atoms with Gasteiger partial charge in [-0.25, -0.2) is 12.7 Å². The molecule has 0 aromatic carbocycles. The van der Waals surface area contributed by atoms with Gasteiger partial charge in [-0.05, 0) is 32.1 Å². The molecule has 0 aromatic rings. The van der Waals surface area contributed by atoms with E-state index in [1.54, 1.807) is 6.07 Å². The van der Waals surface area contributed by atoms with E-state index in [9.17, 15) is 8.42 Å². The SMILES string of the molecule is CC(C#N)S(=O)(=O)N1CCCC(CCO)C1. The first-order chi connectivity index (χ1) is 7.52. The molecule has 0 spiro atoms. The van der Waals surface area contributed by atoms with Crippen molar-refractivity contribution in [1.82, 2.24) is 4.31 Å². The third kappa shape index (κ3) is 2.94. The van der Waals surface area contributed by atoms with Gasteiger partial charge in [-0.15, -0.1) is 0 Å². The van der Waals surface area contributed by atoms with Gasteiger partial charge >= 0.3 is 0 Å². The van der Waals surface area contributed by atoms with E-state index in [0.29, 0.717) is 19.5 Å². The second-order valence-corrected chi connectivity index (χ2v) is 6.45. The molecule has 1 saturated heterocycles. The minimum Gasteiger partial charge on any atom is -0.396 e. The summed E-state index contributed by atoms with van der Waals surface area (Å²) in [6.45, 7) is 2.43. The zero-order valence-corrected chi connectivity index (χ0v) is 10.3.